The monoisotopic (exact) mass is 192 g/mol. The second kappa shape index (κ2) is 4.34. The Morgan fingerprint density at radius 1 is 1.38 bits per heavy atom. The SMILES string of the molecule is CO[C@H](CO)[C@@H]1O[C@H](C)C(O)[C@@H]1O. The molecular formula is C8H16O5. The van der Waals surface area contributed by atoms with Crippen LogP contribution in [0.2, 0.25) is 0 Å². The Morgan fingerprint density at radius 3 is 2.31 bits per heavy atom. The van der Waals surface area contributed by atoms with E-state index in [9.17, 15) is 10.2 Å². The molecule has 0 aromatic carbocycles. The van der Waals surface area contributed by atoms with E-state index in [1.165, 1.54) is 7.11 Å². The maximum absolute atomic E-state index is 9.49. The van der Waals surface area contributed by atoms with Gasteiger partial charge in [-0.15, -0.1) is 0 Å². The predicted molar refractivity (Wildman–Crippen MR) is 44.2 cm³/mol. The average molecular weight is 192 g/mol. The van der Waals surface area contributed by atoms with Crippen molar-refractivity contribution in [1.29, 1.82) is 0 Å². The summed E-state index contributed by atoms with van der Waals surface area (Å²) in [5.41, 5.74) is 0. The first-order valence-corrected chi connectivity index (χ1v) is 4.27. The van der Waals surface area contributed by atoms with Crippen LogP contribution in [0.5, 0.6) is 0 Å². The number of ether oxygens (including phenoxy) is 2. The molecule has 78 valence electrons. The van der Waals surface area contributed by atoms with Crippen LogP contribution in [0, 0.1) is 0 Å². The molecular weight excluding hydrogens is 176 g/mol. The number of aliphatic hydroxyl groups is 3. The first-order valence-electron chi connectivity index (χ1n) is 4.27. The summed E-state index contributed by atoms with van der Waals surface area (Å²) in [5.74, 6) is 0. The summed E-state index contributed by atoms with van der Waals surface area (Å²) >= 11 is 0. The Morgan fingerprint density at radius 2 is 2.00 bits per heavy atom. The fraction of sp³-hybridized carbons (Fsp3) is 1.00. The molecule has 0 spiro atoms. The van der Waals surface area contributed by atoms with Gasteiger partial charge in [0.2, 0.25) is 0 Å². The minimum Gasteiger partial charge on any atom is -0.394 e. The number of rotatable bonds is 3. The molecule has 0 radical (unpaired) electrons. The summed E-state index contributed by atoms with van der Waals surface area (Å²) < 4.78 is 10.1. The minimum atomic E-state index is -0.993. The molecule has 0 amide bonds. The lowest BCUT2D eigenvalue weighted by molar-refractivity contribution is -0.0945. The van der Waals surface area contributed by atoms with Crippen LogP contribution in [0.25, 0.3) is 0 Å². The highest BCUT2D eigenvalue weighted by atomic mass is 16.6. The van der Waals surface area contributed by atoms with Gasteiger partial charge in [0, 0.05) is 7.11 Å². The lowest BCUT2D eigenvalue weighted by Crippen LogP contribution is -2.41. The highest BCUT2D eigenvalue weighted by Gasteiger charge is 2.44. The largest absolute Gasteiger partial charge is 0.394 e. The van der Waals surface area contributed by atoms with Gasteiger partial charge in [0.15, 0.2) is 0 Å². The number of aliphatic hydroxyl groups excluding tert-OH is 3. The van der Waals surface area contributed by atoms with Crippen molar-refractivity contribution in [3.05, 3.63) is 0 Å². The van der Waals surface area contributed by atoms with Gasteiger partial charge < -0.3 is 24.8 Å². The van der Waals surface area contributed by atoms with Gasteiger partial charge in [0.25, 0.3) is 0 Å². The molecule has 1 heterocycles. The van der Waals surface area contributed by atoms with Gasteiger partial charge in [-0.1, -0.05) is 0 Å². The third-order valence-corrected chi connectivity index (χ3v) is 2.39. The molecule has 3 N–H and O–H groups in total. The molecule has 1 aliphatic heterocycles. The van der Waals surface area contributed by atoms with E-state index >= 15 is 0 Å². The van der Waals surface area contributed by atoms with Gasteiger partial charge in [-0.05, 0) is 6.92 Å². The normalized spacial score (nSPS) is 42.2. The van der Waals surface area contributed by atoms with E-state index in [-0.39, 0.29) is 6.61 Å². The van der Waals surface area contributed by atoms with Gasteiger partial charge in [-0.2, -0.15) is 0 Å². The molecule has 1 aliphatic rings. The van der Waals surface area contributed by atoms with E-state index in [0.29, 0.717) is 0 Å². The molecule has 5 atom stereocenters. The van der Waals surface area contributed by atoms with E-state index in [1.54, 1.807) is 6.92 Å². The maximum atomic E-state index is 9.49. The number of hydrogen-bond acceptors (Lipinski definition) is 5. The zero-order valence-electron chi connectivity index (χ0n) is 7.75. The molecule has 1 unspecified atom stereocenters. The third-order valence-electron chi connectivity index (χ3n) is 2.39. The third kappa shape index (κ3) is 2.00. The summed E-state index contributed by atoms with van der Waals surface area (Å²) in [7, 11) is 1.42. The molecule has 1 saturated heterocycles. The number of hydrogen-bond donors (Lipinski definition) is 3. The first-order chi connectivity index (χ1) is 6.11. The van der Waals surface area contributed by atoms with E-state index < -0.39 is 30.5 Å². The van der Waals surface area contributed by atoms with Crippen molar-refractivity contribution in [1.82, 2.24) is 0 Å². The lowest BCUT2D eigenvalue weighted by atomic mass is 10.0. The Bertz CT molecular complexity index is 157. The molecule has 0 saturated carbocycles. The second-order valence-electron chi connectivity index (χ2n) is 3.24. The van der Waals surface area contributed by atoms with Gasteiger partial charge in [0.05, 0.1) is 12.7 Å². The quantitative estimate of drug-likeness (QED) is 0.507. The van der Waals surface area contributed by atoms with Crippen LogP contribution in [-0.4, -0.2) is 59.6 Å². The fourth-order valence-corrected chi connectivity index (χ4v) is 1.50. The van der Waals surface area contributed by atoms with Gasteiger partial charge in [-0.3, -0.25) is 0 Å². The summed E-state index contributed by atoms with van der Waals surface area (Å²) in [6.07, 6.45) is -3.57. The smallest absolute Gasteiger partial charge is 0.115 e. The van der Waals surface area contributed by atoms with E-state index in [0.717, 1.165) is 0 Å². The molecule has 1 rings (SSSR count). The van der Waals surface area contributed by atoms with Crippen molar-refractivity contribution >= 4 is 0 Å². The Kier molecular flexibility index (Phi) is 3.63. The van der Waals surface area contributed by atoms with Crippen LogP contribution in [-0.2, 0) is 9.47 Å². The van der Waals surface area contributed by atoms with Crippen LogP contribution in [0.15, 0.2) is 0 Å². The van der Waals surface area contributed by atoms with Crippen molar-refractivity contribution < 1.29 is 24.8 Å². The van der Waals surface area contributed by atoms with Gasteiger partial charge in [0.1, 0.15) is 24.4 Å². The van der Waals surface area contributed by atoms with Crippen LogP contribution < -0.4 is 0 Å². The molecule has 0 aromatic heterocycles. The van der Waals surface area contributed by atoms with Crippen molar-refractivity contribution in [2.24, 2.45) is 0 Å². The minimum absolute atomic E-state index is 0.238. The zero-order chi connectivity index (χ0) is 10.0. The van der Waals surface area contributed by atoms with Crippen LogP contribution in [0.4, 0.5) is 0 Å². The highest BCUT2D eigenvalue weighted by Crippen LogP contribution is 2.24. The Hall–Kier alpha value is -0.200. The fourth-order valence-electron chi connectivity index (χ4n) is 1.50. The van der Waals surface area contributed by atoms with E-state index in [2.05, 4.69) is 0 Å². The maximum Gasteiger partial charge on any atom is 0.115 e. The van der Waals surface area contributed by atoms with Crippen LogP contribution in [0.3, 0.4) is 0 Å². The molecule has 0 aliphatic carbocycles. The molecule has 0 bridgehead atoms. The van der Waals surface area contributed by atoms with Gasteiger partial charge in [-0.25, -0.2) is 0 Å². The summed E-state index contributed by atoms with van der Waals surface area (Å²) in [4.78, 5) is 0. The highest BCUT2D eigenvalue weighted by molar-refractivity contribution is 4.92. The summed E-state index contributed by atoms with van der Waals surface area (Å²) in [6, 6.07) is 0. The van der Waals surface area contributed by atoms with Crippen molar-refractivity contribution in [3.63, 3.8) is 0 Å². The van der Waals surface area contributed by atoms with Crippen molar-refractivity contribution in [2.75, 3.05) is 13.7 Å². The van der Waals surface area contributed by atoms with Crippen molar-refractivity contribution in [3.8, 4) is 0 Å². The first kappa shape index (κ1) is 10.9. The zero-order valence-corrected chi connectivity index (χ0v) is 7.75. The summed E-state index contributed by atoms with van der Waals surface area (Å²) in [6.45, 7) is 1.43. The average Bonchev–Trinajstić information content (AvgIpc) is 2.36. The van der Waals surface area contributed by atoms with E-state index in [4.69, 9.17) is 14.6 Å². The van der Waals surface area contributed by atoms with Crippen molar-refractivity contribution in [2.45, 2.75) is 37.4 Å². The molecule has 5 heteroatoms. The number of methoxy groups -OCH3 is 1. The predicted octanol–water partition coefficient (Wildman–Crippen LogP) is -1.50. The second-order valence-corrected chi connectivity index (χ2v) is 3.24. The van der Waals surface area contributed by atoms with Gasteiger partial charge >= 0.3 is 0 Å². The summed E-state index contributed by atoms with van der Waals surface area (Å²) in [5, 5.41) is 27.7. The van der Waals surface area contributed by atoms with Crippen LogP contribution in [0.1, 0.15) is 6.92 Å². The molecule has 5 nitrogen and oxygen atoms in total. The molecule has 0 aromatic rings. The topological polar surface area (TPSA) is 79.2 Å². The van der Waals surface area contributed by atoms with E-state index in [1.807, 2.05) is 0 Å². The standard InChI is InChI=1S/C8H16O5/c1-4-6(10)7(11)8(13-4)5(3-9)12-2/h4-11H,3H2,1-2H3/t4-,5-,6?,7+,8+/m1/s1. The lowest BCUT2D eigenvalue weighted by Gasteiger charge is -2.22. The molecule has 1 fully saturated rings. The Balaban J connectivity index is 2.61. The molecule has 13 heavy (non-hydrogen) atoms. The Labute approximate surface area is 76.9 Å². The van der Waals surface area contributed by atoms with Crippen LogP contribution >= 0.6 is 0 Å².